The molecule has 202 valence electrons. The van der Waals surface area contributed by atoms with E-state index in [9.17, 15) is 4.39 Å². The lowest BCUT2D eigenvalue weighted by Crippen LogP contribution is -2.68. The summed E-state index contributed by atoms with van der Waals surface area (Å²) in [6.45, 7) is 6.71. The second-order valence-electron chi connectivity index (χ2n) is 10.2. The first-order chi connectivity index (χ1) is 18.7. The Labute approximate surface area is 231 Å². The minimum atomic E-state index is -2.86. The van der Waals surface area contributed by atoms with Gasteiger partial charge in [0.15, 0.2) is 23.1 Å². The van der Waals surface area contributed by atoms with E-state index in [4.69, 9.17) is 18.6 Å². The van der Waals surface area contributed by atoms with E-state index in [0.29, 0.717) is 22.8 Å². The Bertz CT molecular complexity index is 1390. The maximum atomic E-state index is 14.5. The van der Waals surface area contributed by atoms with Crippen LogP contribution in [-0.2, 0) is 0 Å². The average molecular weight is 543 g/mol. The molecule has 0 saturated carbocycles. The molecule has 4 aromatic rings. The fraction of sp³-hybridized carbons (Fsp3) is 0.212. The van der Waals surface area contributed by atoms with Crippen molar-refractivity contribution < 1.29 is 23.0 Å². The van der Waals surface area contributed by atoms with E-state index in [1.165, 1.54) is 30.7 Å². The second-order valence-corrected chi connectivity index (χ2v) is 14.5. The zero-order valence-electron chi connectivity index (χ0n) is 23.3. The molecule has 0 spiro atoms. The predicted octanol–water partition coefficient (Wildman–Crippen LogP) is 6.96. The zero-order chi connectivity index (χ0) is 28.0. The highest BCUT2D eigenvalue weighted by atomic mass is 28.4. The van der Waals surface area contributed by atoms with Gasteiger partial charge >= 0.3 is 8.32 Å². The highest BCUT2D eigenvalue weighted by molar-refractivity contribution is 7.00. The van der Waals surface area contributed by atoms with Crippen molar-refractivity contribution in [3.8, 4) is 23.0 Å². The van der Waals surface area contributed by atoms with Gasteiger partial charge in [-0.1, -0.05) is 99.7 Å². The molecule has 0 aliphatic heterocycles. The van der Waals surface area contributed by atoms with Crippen molar-refractivity contribution in [1.29, 1.82) is 0 Å². The fourth-order valence-electron chi connectivity index (χ4n) is 4.92. The summed E-state index contributed by atoms with van der Waals surface area (Å²) in [5, 5.41) is 2.14. The van der Waals surface area contributed by atoms with Crippen molar-refractivity contribution in [3.05, 3.63) is 108 Å². The maximum Gasteiger partial charge on any atom is 0.320 e. The molecule has 4 rings (SSSR count). The van der Waals surface area contributed by atoms with Crippen LogP contribution in [-0.4, -0.2) is 29.6 Å². The second kappa shape index (κ2) is 11.8. The van der Waals surface area contributed by atoms with Gasteiger partial charge in [0.25, 0.3) is 0 Å². The highest BCUT2D eigenvalue weighted by Gasteiger charge is 2.52. The number of rotatable bonds is 9. The molecular formula is C33H35FO4Si. The molecule has 0 N–H and O–H groups in total. The lowest BCUT2D eigenvalue weighted by atomic mass is 10.1. The van der Waals surface area contributed by atoms with Crippen LogP contribution < -0.4 is 29.0 Å². The van der Waals surface area contributed by atoms with Crippen LogP contribution in [0.15, 0.2) is 91.0 Å². The minimum absolute atomic E-state index is 0.0834. The number of hydrogen-bond donors (Lipinski definition) is 0. The Morgan fingerprint density at radius 1 is 0.615 bits per heavy atom. The van der Waals surface area contributed by atoms with Gasteiger partial charge in [-0.05, 0) is 50.8 Å². The van der Waals surface area contributed by atoms with Crippen LogP contribution in [0.5, 0.6) is 23.0 Å². The Morgan fingerprint density at radius 3 is 1.67 bits per heavy atom. The van der Waals surface area contributed by atoms with E-state index < -0.39 is 14.1 Å². The third-order valence-corrected chi connectivity index (χ3v) is 11.7. The third-order valence-electron chi connectivity index (χ3n) is 6.79. The van der Waals surface area contributed by atoms with Gasteiger partial charge in [0.05, 0.1) is 21.3 Å². The molecule has 0 radical (unpaired) electrons. The van der Waals surface area contributed by atoms with Crippen LogP contribution in [0.3, 0.4) is 0 Å². The minimum Gasteiger partial charge on any atom is -0.531 e. The van der Waals surface area contributed by atoms with E-state index in [2.05, 4.69) is 69.3 Å². The SMILES string of the molecule is COc1ccc(/C=C\c2cc(F)c(OC)c(OC)c2)cc1O[Si](c1ccccc1)(c1ccccc1)C(C)(C)C. The first-order valence-corrected chi connectivity index (χ1v) is 14.7. The van der Waals surface area contributed by atoms with Gasteiger partial charge in [0, 0.05) is 0 Å². The van der Waals surface area contributed by atoms with Gasteiger partial charge in [-0.2, -0.15) is 0 Å². The predicted molar refractivity (Wildman–Crippen MR) is 160 cm³/mol. The first kappa shape index (κ1) is 28.0. The smallest absolute Gasteiger partial charge is 0.320 e. The number of hydrogen-bond acceptors (Lipinski definition) is 4. The molecule has 0 unspecified atom stereocenters. The number of benzene rings is 4. The van der Waals surface area contributed by atoms with Crippen molar-refractivity contribution >= 4 is 30.8 Å². The normalized spacial score (nSPS) is 11.9. The number of methoxy groups -OCH3 is 3. The molecule has 4 nitrogen and oxygen atoms in total. The molecule has 0 bridgehead atoms. The van der Waals surface area contributed by atoms with Gasteiger partial charge in [0.2, 0.25) is 0 Å². The van der Waals surface area contributed by atoms with Gasteiger partial charge in [-0.25, -0.2) is 4.39 Å². The van der Waals surface area contributed by atoms with Gasteiger partial charge in [0.1, 0.15) is 5.75 Å². The Morgan fingerprint density at radius 2 is 1.15 bits per heavy atom. The average Bonchev–Trinajstić information content (AvgIpc) is 2.94. The molecule has 0 aliphatic rings. The lowest BCUT2D eigenvalue weighted by Gasteiger charge is -2.43. The zero-order valence-corrected chi connectivity index (χ0v) is 24.3. The van der Waals surface area contributed by atoms with Crippen LogP contribution in [0.2, 0.25) is 5.04 Å². The summed E-state index contributed by atoms with van der Waals surface area (Å²) in [6.07, 6.45) is 3.75. The quantitative estimate of drug-likeness (QED) is 0.169. The molecule has 0 aromatic heterocycles. The number of ether oxygens (including phenoxy) is 3. The van der Waals surface area contributed by atoms with Crippen LogP contribution in [0.25, 0.3) is 12.2 Å². The molecule has 4 aromatic carbocycles. The van der Waals surface area contributed by atoms with Crippen molar-refractivity contribution in [2.45, 2.75) is 25.8 Å². The first-order valence-electron chi connectivity index (χ1n) is 12.8. The molecule has 0 heterocycles. The van der Waals surface area contributed by atoms with Crippen molar-refractivity contribution in [1.82, 2.24) is 0 Å². The summed E-state index contributed by atoms with van der Waals surface area (Å²) in [6, 6.07) is 29.9. The van der Waals surface area contributed by atoms with Gasteiger partial charge in [-0.15, -0.1) is 0 Å². The molecule has 0 amide bonds. The molecule has 0 saturated heterocycles. The van der Waals surface area contributed by atoms with E-state index in [0.717, 1.165) is 5.56 Å². The molecule has 6 heteroatoms. The molecule has 39 heavy (non-hydrogen) atoms. The standard InChI is InChI=1S/C33H35FO4Si/c1-33(2,3)39(26-13-9-7-10-14-26,27-15-11-8-12-16-27)38-30-22-24(19-20-29(30)35-4)17-18-25-21-28(34)32(37-6)31(23-25)36-5/h7-23H,1-6H3/b18-17-. The summed E-state index contributed by atoms with van der Waals surface area (Å²) in [5.74, 6) is 1.24. The summed E-state index contributed by atoms with van der Waals surface area (Å²) in [5.41, 5.74) is 1.54. The molecule has 0 aliphatic carbocycles. The summed E-state index contributed by atoms with van der Waals surface area (Å²) in [7, 11) is 1.69. The highest BCUT2D eigenvalue weighted by Crippen LogP contribution is 2.40. The van der Waals surface area contributed by atoms with Gasteiger partial charge in [-0.3, -0.25) is 0 Å². The fourth-order valence-corrected chi connectivity index (χ4v) is 9.34. The Kier molecular flexibility index (Phi) is 8.46. The molecule has 0 fully saturated rings. The Balaban J connectivity index is 1.81. The van der Waals surface area contributed by atoms with Crippen LogP contribution >= 0.6 is 0 Å². The van der Waals surface area contributed by atoms with Gasteiger partial charge < -0.3 is 18.6 Å². The maximum absolute atomic E-state index is 14.5. The van der Waals surface area contributed by atoms with E-state index >= 15 is 0 Å². The number of halogens is 1. The summed E-state index contributed by atoms with van der Waals surface area (Å²) >= 11 is 0. The van der Waals surface area contributed by atoms with Crippen molar-refractivity contribution in [2.75, 3.05) is 21.3 Å². The van der Waals surface area contributed by atoms with Crippen molar-refractivity contribution in [2.24, 2.45) is 0 Å². The van der Waals surface area contributed by atoms with Crippen LogP contribution in [0.1, 0.15) is 31.9 Å². The topological polar surface area (TPSA) is 36.9 Å². The largest absolute Gasteiger partial charge is 0.531 e. The third kappa shape index (κ3) is 5.71. The molecular weight excluding hydrogens is 507 g/mol. The molecule has 0 atom stereocenters. The monoisotopic (exact) mass is 542 g/mol. The summed E-state index contributed by atoms with van der Waals surface area (Å²) in [4.78, 5) is 0. The van der Waals surface area contributed by atoms with Crippen LogP contribution in [0.4, 0.5) is 4.39 Å². The van der Waals surface area contributed by atoms with E-state index in [1.54, 1.807) is 13.2 Å². The van der Waals surface area contributed by atoms with Crippen LogP contribution in [0, 0.1) is 5.82 Å². The van der Waals surface area contributed by atoms with Crippen molar-refractivity contribution in [3.63, 3.8) is 0 Å². The lowest BCUT2D eigenvalue weighted by molar-refractivity contribution is 0.337. The van der Waals surface area contributed by atoms with E-state index in [1.807, 2.05) is 42.5 Å². The van der Waals surface area contributed by atoms with E-state index in [-0.39, 0.29) is 10.8 Å². The summed E-state index contributed by atoms with van der Waals surface area (Å²) < 4.78 is 37.9. The Hall–Kier alpha value is -4.03.